The quantitative estimate of drug-likeness (QED) is 0.0107. The number of nitrogens with two attached hydrogens (primary N) is 2. The number of carboxylic acids is 2. The summed E-state index contributed by atoms with van der Waals surface area (Å²) in [4.78, 5) is 106. The molecule has 0 aliphatic heterocycles. The van der Waals surface area contributed by atoms with Gasteiger partial charge >= 0.3 is 12.2 Å². The van der Waals surface area contributed by atoms with Crippen LogP contribution in [0.4, 0.5) is 21.2 Å². The maximum atomic E-state index is 12.9. The van der Waals surface area contributed by atoms with Gasteiger partial charge in [-0.25, -0.2) is 19.6 Å². The molecule has 24 nitrogen and oxygen atoms in total. The zero-order valence-corrected chi connectivity index (χ0v) is 54.6. The molecule has 3 saturated carbocycles. The molecule has 496 valence electrons. The third-order valence-electron chi connectivity index (χ3n) is 19.0. The van der Waals surface area contributed by atoms with E-state index in [1.54, 1.807) is 33.7 Å². The fourth-order valence-electron chi connectivity index (χ4n) is 14.3. The molecule has 4 aliphatic rings. The highest BCUT2D eigenvalue weighted by Gasteiger charge is 2.59. The molecule has 4 aliphatic carbocycles. The van der Waals surface area contributed by atoms with Gasteiger partial charge in [-0.15, -0.1) is 0 Å². The maximum absolute atomic E-state index is 12.9. The van der Waals surface area contributed by atoms with E-state index >= 15 is 0 Å². The molecule has 10 atom stereocenters. The summed E-state index contributed by atoms with van der Waals surface area (Å²) in [5.74, 6) is 2.34. The van der Waals surface area contributed by atoms with Gasteiger partial charge in [0.25, 0.3) is 11.5 Å². The smallest absolute Gasteiger partial charge is 0.407 e. The first-order valence-corrected chi connectivity index (χ1v) is 34.8. The van der Waals surface area contributed by atoms with Crippen molar-refractivity contribution in [3.63, 3.8) is 0 Å². The molecular formula is C64H95N13O11S2-2. The number of aliphatic imine (C=N–C) groups is 1. The summed E-state index contributed by atoms with van der Waals surface area (Å²) in [5.41, 5.74) is 14.6. The van der Waals surface area contributed by atoms with E-state index in [0.29, 0.717) is 68.1 Å². The Morgan fingerprint density at radius 1 is 0.811 bits per heavy atom. The number of amides is 4. The van der Waals surface area contributed by atoms with Gasteiger partial charge in [0, 0.05) is 68.2 Å². The SMILES string of the molecule is CC(C)CCCC(C)C1CCC2C3CC=C4CC(OC(=O)NCCN=C(N)CCCSSCCNCCOC(=O)NCCCCC(NC(=O)CCC(NC(=O)c5ccc(NCc6cnc7nc(N)[nH]c(=O)c7n6)cc5)C(=O)[O-])C(=O)[O-])CCC4(C)C3CCC12C. The lowest BCUT2D eigenvalue weighted by molar-refractivity contribution is -0.309. The van der Waals surface area contributed by atoms with Crippen LogP contribution in [0.15, 0.2) is 51.9 Å². The normalized spacial score (nSPS) is 23.0. The van der Waals surface area contributed by atoms with Crippen LogP contribution in [0.5, 0.6) is 0 Å². The molecule has 0 bridgehead atoms. The Hall–Kier alpha value is -6.67. The molecule has 26 heteroatoms. The molecule has 7 rings (SSSR count). The number of nitrogens with one attached hydrogen (secondary N) is 7. The van der Waals surface area contributed by atoms with Crippen LogP contribution in [-0.4, -0.2) is 131 Å². The zero-order valence-electron chi connectivity index (χ0n) is 53.0. The molecule has 2 aromatic heterocycles. The minimum Gasteiger partial charge on any atom is -0.548 e. The number of H-pyrrole nitrogens is 1. The number of carbonyl (C=O) groups excluding carboxylic acids is 6. The Morgan fingerprint density at radius 3 is 2.33 bits per heavy atom. The number of allylic oxidation sites excluding steroid dienone is 1. The standard InChI is InChI=1S/C64H97N13O11S2/c1-39(2)10-8-11-40(3)47-20-21-48-46-19-16-42-36-45(24-26-63(42,4)49(46)25-27-64(47,48)5)88-62(86)70-30-29-68-52(65)13-9-34-89-90-35-32-67-31-33-87-61(85)69-28-7-6-12-50(58(81)82)74-53(78)23-22-51(59(83)84)75-56(79)41-14-17-43(18-15-41)71-37-44-38-72-55-54(73-44)57(80)77-60(66)76-55/h14-18,38-40,45-51,67,71H,6-13,19-37H2,1-5H3,(H2,65,68)(H,69,85)(H,70,86)(H,74,78)(H,75,79)(H,81,82)(H,83,84)(H3,66,72,76,77,80)/p-2. The second-order valence-corrected chi connectivity index (χ2v) is 28.4. The van der Waals surface area contributed by atoms with E-state index in [-0.39, 0.29) is 72.8 Å². The predicted octanol–water partition coefficient (Wildman–Crippen LogP) is 5.91. The van der Waals surface area contributed by atoms with Gasteiger partial charge in [-0.1, -0.05) is 87.1 Å². The molecule has 0 saturated heterocycles. The van der Waals surface area contributed by atoms with Gasteiger partial charge in [-0.2, -0.15) is 4.98 Å². The lowest BCUT2D eigenvalue weighted by atomic mass is 9.47. The van der Waals surface area contributed by atoms with E-state index in [4.69, 9.17) is 20.9 Å². The lowest BCUT2D eigenvalue weighted by Gasteiger charge is -2.58. The number of aromatic amines is 1. The van der Waals surface area contributed by atoms with Crippen molar-refractivity contribution in [2.45, 2.75) is 175 Å². The summed E-state index contributed by atoms with van der Waals surface area (Å²) in [6, 6.07) is 3.08. The van der Waals surface area contributed by atoms with Crippen molar-refractivity contribution in [2.24, 2.45) is 57.1 Å². The maximum Gasteiger partial charge on any atom is 0.407 e. The minimum absolute atomic E-state index is 0.0153. The largest absolute Gasteiger partial charge is 0.548 e. The molecule has 4 amide bonds. The molecule has 11 N–H and O–H groups in total. The van der Waals surface area contributed by atoms with Crippen LogP contribution in [0.3, 0.4) is 0 Å². The Morgan fingerprint density at radius 2 is 1.57 bits per heavy atom. The third kappa shape index (κ3) is 20.7. The van der Waals surface area contributed by atoms with Gasteiger partial charge in [0.15, 0.2) is 11.2 Å². The molecule has 3 fully saturated rings. The number of fused-ring (bicyclic) bond motifs is 6. The number of hydrogen-bond donors (Lipinski definition) is 9. The second kappa shape index (κ2) is 34.7. The molecule has 0 radical (unpaired) electrons. The van der Waals surface area contributed by atoms with Gasteiger partial charge in [0.1, 0.15) is 12.7 Å². The van der Waals surface area contributed by atoms with Crippen molar-refractivity contribution in [3.05, 3.63) is 63.7 Å². The fourth-order valence-corrected chi connectivity index (χ4v) is 16.3. The molecule has 2 heterocycles. The van der Waals surface area contributed by atoms with Crippen LogP contribution >= 0.6 is 21.6 Å². The van der Waals surface area contributed by atoms with Crippen molar-refractivity contribution in [1.82, 2.24) is 46.5 Å². The number of anilines is 2. The van der Waals surface area contributed by atoms with Gasteiger partial charge < -0.3 is 72.6 Å². The Bertz CT molecular complexity index is 3020. The zero-order chi connectivity index (χ0) is 64.8. The number of unbranched alkanes of at least 4 members (excludes halogenated alkanes) is 1. The Labute approximate surface area is 536 Å². The van der Waals surface area contributed by atoms with Gasteiger partial charge in [-0.3, -0.25) is 24.4 Å². The highest BCUT2D eigenvalue weighted by atomic mass is 33.1. The predicted molar refractivity (Wildman–Crippen MR) is 347 cm³/mol. The van der Waals surface area contributed by atoms with E-state index in [1.165, 1.54) is 75.3 Å². The number of hydrogen-bond acceptors (Lipinski definition) is 20. The molecular weight excluding hydrogens is 1190 g/mol. The lowest BCUT2D eigenvalue weighted by Crippen LogP contribution is -2.51. The van der Waals surface area contributed by atoms with Crippen LogP contribution < -0.4 is 59.1 Å². The van der Waals surface area contributed by atoms with E-state index in [9.17, 15) is 43.8 Å². The number of rotatable bonds is 36. The van der Waals surface area contributed by atoms with Crippen molar-refractivity contribution in [2.75, 3.05) is 61.9 Å². The van der Waals surface area contributed by atoms with Gasteiger partial charge in [0.2, 0.25) is 11.9 Å². The fraction of sp³-hybridized carbons (Fsp3) is 0.672. The number of alkyl carbamates (subject to hydrolysis) is 2. The summed E-state index contributed by atoms with van der Waals surface area (Å²) in [6.07, 6.45) is 17.9. The minimum atomic E-state index is -1.64. The Balaban J connectivity index is 0.652. The monoisotopic (exact) mass is 1290 g/mol. The average Bonchev–Trinajstić information content (AvgIpc) is 1.35. The summed E-state index contributed by atoms with van der Waals surface area (Å²) in [7, 11) is 3.48. The van der Waals surface area contributed by atoms with Crippen molar-refractivity contribution in [3.8, 4) is 0 Å². The number of carbonyl (C=O) groups is 6. The molecule has 0 spiro atoms. The van der Waals surface area contributed by atoms with Crippen molar-refractivity contribution >= 4 is 86.2 Å². The number of nitrogen functional groups attached to an aromatic ring is 1. The number of aliphatic carboxylic acids is 2. The van der Waals surface area contributed by atoms with Gasteiger partial charge in [0.05, 0.1) is 54.8 Å². The van der Waals surface area contributed by atoms with Crippen LogP contribution in [0.1, 0.15) is 166 Å². The second-order valence-electron chi connectivity index (χ2n) is 25.7. The molecule has 1 aromatic carbocycles. The summed E-state index contributed by atoms with van der Waals surface area (Å²) in [6.45, 7) is 14.9. The van der Waals surface area contributed by atoms with Crippen LogP contribution in [0.2, 0.25) is 0 Å². The van der Waals surface area contributed by atoms with E-state index in [2.05, 4.69) is 97.5 Å². The number of ether oxygens (including phenoxy) is 2. The van der Waals surface area contributed by atoms with Crippen LogP contribution in [-0.2, 0) is 30.4 Å². The third-order valence-corrected chi connectivity index (χ3v) is 21.5. The number of nitrogens with zero attached hydrogens (tertiary/aromatic N) is 4. The highest BCUT2D eigenvalue weighted by Crippen LogP contribution is 2.67. The molecule has 90 heavy (non-hydrogen) atoms. The van der Waals surface area contributed by atoms with E-state index in [0.717, 1.165) is 72.7 Å². The number of amidine groups is 1. The first-order valence-electron chi connectivity index (χ1n) is 32.3. The van der Waals surface area contributed by atoms with E-state index in [1.807, 2.05) is 0 Å². The summed E-state index contributed by atoms with van der Waals surface area (Å²) < 4.78 is 11.2. The number of aromatic nitrogens is 4. The highest BCUT2D eigenvalue weighted by molar-refractivity contribution is 8.76. The number of benzene rings is 1. The summed E-state index contributed by atoms with van der Waals surface area (Å²) in [5, 5.41) is 40.1. The molecule has 3 aromatic rings. The summed E-state index contributed by atoms with van der Waals surface area (Å²) >= 11 is 0. The Kier molecular flexibility index (Phi) is 27.3. The first kappa shape index (κ1) is 70.8. The van der Waals surface area contributed by atoms with Crippen LogP contribution in [0.25, 0.3) is 11.2 Å². The first-order chi connectivity index (χ1) is 43.1. The molecule has 10 unspecified atom stereocenters. The van der Waals surface area contributed by atoms with Crippen molar-refractivity contribution in [1.29, 1.82) is 0 Å². The number of carboxylic acid groups (broad SMARTS) is 2. The topological polar surface area (TPSA) is 375 Å². The van der Waals surface area contributed by atoms with Crippen molar-refractivity contribution < 1.29 is 48.5 Å². The van der Waals surface area contributed by atoms with E-state index < -0.39 is 53.9 Å². The van der Waals surface area contributed by atoms with Gasteiger partial charge in [-0.05, 0) is 148 Å². The van der Waals surface area contributed by atoms with Crippen LogP contribution in [0, 0.1) is 46.3 Å². The average molecular weight is 1290 g/mol.